The molecule has 6 heteroatoms. The Bertz CT molecular complexity index is 570. The summed E-state index contributed by atoms with van der Waals surface area (Å²) in [5.74, 6) is 1.20. The number of nitrogens with one attached hydrogen (secondary N) is 1. The number of thiophene rings is 1. The van der Waals surface area contributed by atoms with Gasteiger partial charge in [-0.05, 0) is 54.7 Å². The Labute approximate surface area is 131 Å². The molecule has 1 aliphatic heterocycles. The molecule has 1 aromatic heterocycles. The highest BCUT2D eigenvalue weighted by Crippen LogP contribution is 2.40. The summed E-state index contributed by atoms with van der Waals surface area (Å²) in [6.45, 7) is 5.31. The van der Waals surface area contributed by atoms with Crippen LogP contribution in [0, 0.1) is 11.8 Å². The Morgan fingerprint density at radius 3 is 2.71 bits per heavy atom. The molecule has 3 rings (SSSR count). The quantitative estimate of drug-likeness (QED) is 0.817. The zero-order valence-corrected chi connectivity index (χ0v) is 14.2. The van der Waals surface area contributed by atoms with Crippen molar-refractivity contribution in [1.82, 2.24) is 9.62 Å². The van der Waals surface area contributed by atoms with E-state index in [9.17, 15) is 8.42 Å². The molecule has 4 nitrogen and oxygen atoms in total. The second-order valence-electron chi connectivity index (χ2n) is 6.22. The molecule has 21 heavy (non-hydrogen) atoms. The first-order chi connectivity index (χ1) is 10.1. The molecule has 2 heterocycles. The van der Waals surface area contributed by atoms with Gasteiger partial charge in [-0.25, -0.2) is 8.42 Å². The molecule has 2 atom stereocenters. The van der Waals surface area contributed by atoms with Crippen LogP contribution in [-0.4, -0.2) is 32.4 Å². The largest absolute Gasteiger partial charge is 0.313 e. The predicted molar refractivity (Wildman–Crippen MR) is 85.9 cm³/mol. The van der Waals surface area contributed by atoms with Crippen molar-refractivity contribution >= 4 is 21.4 Å². The summed E-state index contributed by atoms with van der Waals surface area (Å²) in [6.07, 6.45) is 4.77. The van der Waals surface area contributed by atoms with Crippen molar-refractivity contribution in [1.29, 1.82) is 0 Å². The van der Waals surface area contributed by atoms with E-state index in [2.05, 4.69) is 12.2 Å². The SMILES string of the molecule is CCCNCc1csc(S(=O)(=O)N2CC3CCCC3C2)c1. The van der Waals surface area contributed by atoms with Crippen molar-refractivity contribution in [2.24, 2.45) is 11.8 Å². The summed E-state index contributed by atoms with van der Waals surface area (Å²) >= 11 is 1.36. The molecule has 0 bridgehead atoms. The molecule has 0 radical (unpaired) electrons. The van der Waals surface area contributed by atoms with Crippen LogP contribution in [0.1, 0.15) is 38.2 Å². The van der Waals surface area contributed by atoms with Gasteiger partial charge >= 0.3 is 0 Å². The summed E-state index contributed by atoms with van der Waals surface area (Å²) in [4.78, 5) is 0. The van der Waals surface area contributed by atoms with Gasteiger partial charge in [0.05, 0.1) is 0 Å². The fourth-order valence-corrected chi connectivity index (χ4v) is 6.42. The van der Waals surface area contributed by atoms with Gasteiger partial charge in [0.2, 0.25) is 0 Å². The average molecular weight is 329 g/mol. The van der Waals surface area contributed by atoms with Crippen LogP contribution < -0.4 is 5.32 Å². The molecule has 1 aliphatic carbocycles. The second kappa shape index (κ2) is 6.36. The lowest BCUT2D eigenvalue weighted by molar-refractivity contribution is 0.447. The average Bonchev–Trinajstić information content (AvgIpc) is 3.14. The number of hydrogen-bond donors (Lipinski definition) is 1. The Morgan fingerprint density at radius 2 is 2.05 bits per heavy atom. The van der Waals surface area contributed by atoms with Gasteiger partial charge in [-0.3, -0.25) is 0 Å². The molecule has 0 aromatic carbocycles. The van der Waals surface area contributed by atoms with E-state index in [1.54, 1.807) is 4.31 Å². The summed E-state index contributed by atoms with van der Waals surface area (Å²) in [6, 6.07) is 1.84. The van der Waals surface area contributed by atoms with E-state index >= 15 is 0 Å². The minimum absolute atomic E-state index is 0.510. The minimum Gasteiger partial charge on any atom is -0.313 e. The molecular formula is C15H24N2O2S2. The second-order valence-corrected chi connectivity index (χ2v) is 9.30. The van der Waals surface area contributed by atoms with Crippen LogP contribution in [0.3, 0.4) is 0 Å². The van der Waals surface area contributed by atoms with Crippen LogP contribution in [-0.2, 0) is 16.6 Å². The maximum Gasteiger partial charge on any atom is 0.252 e. The van der Waals surface area contributed by atoms with Crippen LogP contribution in [0.5, 0.6) is 0 Å². The van der Waals surface area contributed by atoms with Gasteiger partial charge in [0, 0.05) is 19.6 Å². The lowest BCUT2D eigenvalue weighted by Gasteiger charge is -2.15. The molecule has 118 valence electrons. The van der Waals surface area contributed by atoms with Gasteiger partial charge in [0.25, 0.3) is 10.0 Å². The third-order valence-corrected chi connectivity index (χ3v) is 7.97. The van der Waals surface area contributed by atoms with E-state index in [0.717, 1.165) is 38.2 Å². The lowest BCUT2D eigenvalue weighted by Crippen LogP contribution is -2.29. The molecule has 0 amide bonds. The highest BCUT2D eigenvalue weighted by Gasteiger charge is 2.41. The lowest BCUT2D eigenvalue weighted by atomic mass is 10.0. The summed E-state index contributed by atoms with van der Waals surface area (Å²) < 4.78 is 27.7. The molecule has 1 N–H and O–H groups in total. The van der Waals surface area contributed by atoms with Crippen molar-refractivity contribution in [2.45, 2.75) is 43.4 Å². The van der Waals surface area contributed by atoms with E-state index in [-0.39, 0.29) is 0 Å². The number of sulfonamides is 1. The molecule has 2 aliphatic rings. The maximum atomic E-state index is 12.7. The van der Waals surface area contributed by atoms with E-state index in [1.165, 1.54) is 30.6 Å². The third-order valence-electron chi connectivity index (χ3n) is 4.67. The summed E-state index contributed by atoms with van der Waals surface area (Å²) in [7, 11) is -3.27. The molecule has 1 aromatic rings. The maximum absolute atomic E-state index is 12.7. The first kappa shape index (κ1) is 15.5. The van der Waals surface area contributed by atoms with E-state index in [1.807, 2.05) is 11.4 Å². The Hall–Kier alpha value is -0.430. The zero-order chi connectivity index (χ0) is 14.9. The number of nitrogens with zero attached hydrogens (tertiary/aromatic N) is 1. The van der Waals surface area contributed by atoms with Gasteiger partial charge in [-0.1, -0.05) is 13.3 Å². The monoisotopic (exact) mass is 328 g/mol. The Morgan fingerprint density at radius 1 is 1.33 bits per heavy atom. The molecule has 2 fully saturated rings. The van der Waals surface area contributed by atoms with Crippen molar-refractivity contribution in [2.75, 3.05) is 19.6 Å². The smallest absolute Gasteiger partial charge is 0.252 e. The minimum atomic E-state index is -3.27. The number of fused-ring (bicyclic) bond motifs is 1. The van der Waals surface area contributed by atoms with Crippen molar-refractivity contribution in [3.63, 3.8) is 0 Å². The molecular weight excluding hydrogens is 304 g/mol. The zero-order valence-electron chi connectivity index (χ0n) is 12.5. The van der Waals surface area contributed by atoms with Crippen molar-refractivity contribution < 1.29 is 8.42 Å². The van der Waals surface area contributed by atoms with Gasteiger partial charge in [0.1, 0.15) is 4.21 Å². The van der Waals surface area contributed by atoms with Crippen LogP contribution in [0.2, 0.25) is 0 Å². The molecule has 1 saturated carbocycles. The Balaban J connectivity index is 1.67. The molecule has 0 spiro atoms. The first-order valence-electron chi connectivity index (χ1n) is 7.89. The van der Waals surface area contributed by atoms with Gasteiger partial charge < -0.3 is 5.32 Å². The van der Waals surface area contributed by atoms with E-state index < -0.39 is 10.0 Å². The highest BCUT2D eigenvalue weighted by atomic mass is 32.2. The summed E-state index contributed by atoms with van der Waals surface area (Å²) in [5.41, 5.74) is 1.08. The van der Waals surface area contributed by atoms with Crippen molar-refractivity contribution in [3.8, 4) is 0 Å². The van der Waals surface area contributed by atoms with E-state index in [4.69, 9.17) is 0 Å². The van der Waals surface area contributed by atoms with E-state index in [0.29, 0.717) is 16.0 Å². The first-order valence-corrected chi connectivity index (χ1v) is 10.2. The third kappa shape index (κ3) is 3.18. The van der Waals surface area contributed by atoms with Gasteiger partial charge in [0.15, 0.2) is 0 Å². The normalized spacial score (nSPS) is 26.3. The Kier molecular flexibility index (Phi) is 4.69. The molecule has 2 unspecified atom stereocenters. The van der Waals surface area contributed by atoms with Crippen LogP contribution >= 0.6 is 11.3 Å². The fraction of sp³-hybridized carbons (Fsp3) is 0.733. The standard InChI is InChI=1S/C15H24N2O2S2/c1-2-6-16-8-12-7-15(20-11-12)21(18,19)17-9-13-4-3-5-14(13)10-17/h7,11,13-14,16H,2-6,8-10H2,1H3. The molecule has 1 saturated heterocycles. The van der Waals surface area contributed by atoms with Crippen molar-refractivity contribution in [3.05, 3.63) is 17.0 Å². The summed E-state index contributed by atoms with van der Waals surface area (Å²) in [5, 5.41) is 5.28. The van der Waals surface area contributed by atoms with Crippen LogP contribution in [0.4, 0.5) is 0 Å². The number of rotatable bonds is 6. The van der Waals surface area contributed by atoms with Crippen LogP contribution in [0.15, 0.2) is 15.7 Å². The van der Waals surface area contributed by atoms with Crippen LogP contribution in [0.25, 0.3) is 0 Å². The highest BCUT2D eigenvalue weighted by molar-refractivity contribution is 7.91. The van der Waals surface area contributed by atoms with Gasteiger partial charge in [-0.2, -0.15) is 4.31 Å². The van der Waals surface area contributed by atoms with Gasteiger partial charge in [-0.15, -0.1) is 11.3 Å². The topological polar surface area (TPSA) is 49.4 Å². The number of hydrogen-bond acceptors (Lipinski definition) is 4. The predicted octanol–water partition coefficient (Wildman–Crippen LogP) is 2.67. The fourth-order valence-electron chi connectivity index (χ4n) is 3.51.